The molecule has 0 radical (unpaired) electrons. The first kappa shape index (κ1) is 14.0. The summed E-state index contributed by atoms with van der Waals surface area (Å²) in [5.74, 6) is 0.639. The monoisotopic (exact) mass is 316 g/mol. The summed E-state index contributed by atoms with van der Waals surface area (Å²) in [6.45, 7) is 0. The highest BCUT2D eigenvalue weighted by Gasteiger charge is 2.31. The second-order valence-electron chi connectivity index (χ2n) is 5.19. The molecule has 0 spiro atoms. The fraction of sp³-hybridized carbons (Fsp3) is 0.583. The van der Waals surface area contributed by atoms with Crippen molar-refractivity contribution < 1.29 is 18.3 Å². The van der Waals surface area contributed by atoms with Crippen LogP contribution < -0.4 is 4.72 Å². The molecular weight excluding hydrogens is 300 g/mol. The lowest BCUT2D eigenvalue weighted by Gasteiger charge is -2.10. The van der Waals surface area contributed by atoms with Crippen LogP contribution in [0.15, 0.2) is 17.2 Å². The summed E-state index contributed by atoms with van der Waals surface area (Å²) in [6.07, 6.45) is 4.08. The number of sulfonamides is 1. The van der Waals surface area contributed by atoms with Crippen molar-refractivity contribution >= 4 is 27.8 Å². The number of hydrogen-bond donors (Lipinski definition) is 2. The van der Waals surface area contributed by atoms with E-state index in [-0.39, 0.29) is 22.7 Å². The van der Waals surface area contributed by atoms with Gasteiger partial charge in [0.15, 0.2) is 0 Å². The maximum Gasteiger partial charge on any atom is 0.352 e. The van der Waals surface area contributed by atoms with Gasteiger partial charge >= 0.3 is 5.97 Å². The molecule has 8 heteroatoms. The van der Waals surface area contributed by atoms with Gasteiger partial charge in [-0.15, -0.1) is 0 Å². The molecule has 1 saturated heterocycles. The molecule has 1 aliphatic heterocycles. The Labute approximate surface area is 121 Å². The first-order valence-corrected chi connectivity index (χ1v) is 9.16. The van der Waals surface area contributed by atoms with E-state index >= 15 is 0 Å². The second kappa shape index (κ2) is 5.09. The zero-order valence-electron chi connectivity index (χ0n) is 10.8. The molecule has 0 bridgehead atoms. The normalized spacial score (nSPS) is 23.1. The molecular formula is C12H16N2O4S2. The van der Waals surface area contributed by atoms with Gasteiger partial charge in [0.25, 0.3) is 0 Å². The van der Waals surface area contributed by atoms with E-state index in [9.17, 15) is 13.2 Å². The maximum atomic E-state index is 12.3. The first-order chi connectivity index (χ1) is 9.47. The highest BCUT2D eigenvalue weighted by molar-refractivity contribution is 7.99. The topological polar surface area (TPSA) is 88.4 Å². The van der Waals surface area contributed by atoms with Crippen LogP contribution in [0, 0.1) is 0 Å². The van der Waals surface area contributed by atoms with Gasteiger partial charge in [-0.2, -0.15) is 11.8 Å². The first-order valence-electron chi connectivity index (χ1n) is 6.52. The van der Waals surface area contributed by atoms with E-state index < -0.39 is 16.0 Å². The molecule has 0 amide bonds. The molecule has 2 N–H and O–H groups in total. The van der Waals surface area contributed by atoms with Gasteiger partial charge in [-0.1, -0.05) is 0 Å². The van der Waals surface area contributed by atoms with Crippen LogP contribution in [0.3, 0.4) is 0 Å². The Hall–Kier alpha value is -0.990. The molecule has 1 aliphatic carbocycles. The Kier molecular flexibility index (Phi) is 3.55. The quantitative estimate of drug-likeness (QED) is 0.855. The van der Waals surface area contributed by atoms with Crippen molar-refractivity contribution in [1.29, 1.82) is 0 Å². The predicted octanol–water partition coefficient (Wildman–Crippen LogP) is 1.30. The Balaban J connectivity index is 1.88. The fourth-order valence-corrected chi connectivity index (χ4v) is 4.90. The summed E-state index contributed by atoms with van der Waals surface area (Å²) >= 11 is 1.72. The van der Waals surface area contributed by atoms with Crippen molar-refractivity contribution in [2.24, 2.45) is 0 Å². The van der Waals surface area contributed by atoms with E-state index in [2.05, 4.69) is 4.72 Å². The van der Waals surface area contributed by atoms with Crippen LogP contribution >= 0.6 is 11.8 Å². The molecule has 1 aromatic heterocycles. The third-order valence-corrected chi connectivity index (χ3v) is 6.19. The molecule has 1 aromatic rings. The SMILES string of the molecule is O=C(O)c1cc(S(=O)(=O)NC2CCSC2)cn1C1CC1. The van der Waals surface area contributed by atoms with E-state index in [0.717, 1.165) is 30.8 Å². The molecule has 20 heavy (non-hydrogen) atoms. The van der Waals surface area contributed by atoms with E-state index in [1.807, 2.05) is 0 Å². The van der Waals surface area contributed by atoms with Gasteiger partial charge in [-0.3, -0.25) is 0 Å². The lowest BCUT2D eigenvalue weighted by atomic mass is 10.3. The van der Waals surface area contributed by atoms with Crippen molar-refractivity contribution in [3.63, 3.8) is 0 Å². The van der Waals surface area contributed by atoms with Crippen molar-refractivity contribution in [3.05, 3.63) is 18.0 Å². The second-order valence-corrected chi connectivity index (χ2v) is 8.05. The third-order valence-electron chi connectivity index (χ3n) is 3.54. The van der Waals surface area contributed by atoms with Gasteiger partial charge in [-0.25, -0.2) is 17.9 Å². The number of carboxylic acid groups (broad SMARTS) is 1. The van der Waals surface area contributed by atoms with Gasteiger partial charge in [-0.05, 0) is 31.1 Å². The van der Waals surface area contributed by atoms with E-state index in [1.165, 1.54) is 12.3 Å². The molecule has 2 heterocycles. The van der Waals surface area contributed by atoms with Crippen LogP contribution in [0.4, 0.5) is 0 Å². The smallest absolute Gasteiger partial charge is 0.352 e. The Morgan fingerprint density at radius 2 is 2.15 bits per heavy atom. The number of aromatic carboxylic acids is 1. The van der Waals surface area contributed by atoms with E-state index in [1.54, 1.807) is 16.3 Å². The Morgan fingerprint density at radius 3 is 2.70 bits per heavy atom. The summed E-state index contributed by atoms with van der Waals surface area (Å²) in [4.78, 5) is 11.3. The lowest BCUT2D eigenvalue weighted by molar-refractivity contribution is 0.0685. The van der Waals surface area contributed by atoms with Crippen LogP contribution in [0.5, 0.6) is 0 Å². The summed E-state index contributed by atoms with van der Waals surface area (Å²) in [5.41, 5.74) is 0.0497. The highest BCUT2D eigenvalue weighted by atomic mass is 32.2. The van der Waals surface area contributed by atoms with Gasteiger partial charge in [0.05, 0.1) is 0 Å². The van der Waals surface area contributed by atoms with Crippen molar-refractivity contribution in [1.82, 2.24) is 9.29 Å². The van der Waals surface area contributed by atoms with Gasteiger partial charge < -0.3 is 9.67 Å². The molecule has 1 saturated carbocycles. The van der Waals surface area contributed by atoms with Crippen LogP contribution in [-0.2, 0) is 10.0 Å². The zero-order chi connectivity index (χ0) is 14.3. The number of carboxylic acids is 1. The van der Waals surface area contributed by atoms with Gasteiger partial charge in [0.2, 0.25) is 10.0 Å². The van der Waals surface area contributed by atoms with Gasteiger partial charge in [0, 0.05) is 24.0 Å². The molecule has 2 fully saturated rings. The third kappa shape index (κ3) is 2.72. The van der Waals surface area contributed by atoms with Crippen LogP contribution in [0.2, 0.25) is 0 Å². The largest absolute Gasteiger partial charge is 0.477 e. The minimum absolute atomic E-state index is 0.0497. The number of thioether (sulfide) groups is 1. The summed E-state index contributed by atoms with van der Waals surface area (Å²) < 4.78 is 28.8. The van der Waals surface area contributed by atoms with E-state index in [0.29, 0.717) is 0 Å². The summed E-state index contributed by atoms with van der Waals surface area (Å²) in [5, 5.41) is 9.17. The molecule has 2 aliphatic rings. The lowest BCUT2D eigenvalue weighted by Crippen LogP contribution is -2.34. The van der Waals surface area contributed by atoms with Crippen molar-refractivity contribution in [3.8, 4) is 0 Å². The highest BCUT2D eigenvalue weighted by Crippen LogP contribution is 2.37. The summed E-state index contributed by atoms with van der Waals surface area (Å²) in [6, 6.07) is 1.33. The standard InChI is InChI=1S/C12H16N2O4S2/c15-12(16)11-5-10(6-14(11)9-1-2-9)20(17,18)13-8-3-4-19-7-8/h5-6,8-9,13H,1-4,7H2,(H,15,16). The minimum atomic E-state index is -3.63. The molecule has 1 atom stereocenters. The van der Waals surface area contributed by atoms with Crippen LogP contribution in [0.1, 0.15) is 35.8 Å². The number of rotatable bonds is 5. The van der Waals surface area contributed by atoms with E-state index in [4.69, 9.17) is 5.11 Å². The fourth-order valence-electron chi connectivity index (χ4n) is 2.34. The number of nitrogens with one attached hydrogen (secondary N) is 1. The maximum absolute atomic E-state index is 12.3. The predicted molar refractivity (Wildman–Crippen MR) is 75.7 cm³/mol. The zero-order valence-corrected chi connectivity index (χ0v) is 12.4. The Morgan fingerprint density at radius 1 is 1.40 bits per heavy atom. The molecule has 110 valence electrons. The number of hydrogen-bond acceptors (Lipinski definition) is 4. The number of aromatic nitrogens is 1. The van der Waals surface area contributed by atoms with Crippen molar-refractivity contribution in [2.45, 2.75) is 36.2 Å². The van der Waals surface area contributed by atoms with Gasteiger partial charge in [0.1, 0.15) is 10.6 Å². The minimum Gasteiger partial charge on any atom is -0.477 e. The van der Waals surface area contributed by atoms with Crippen molar-refractivity contribution in [2.75, 3.05) is 11.5 Å². The number of nitrogens with zero attached hydrogens (tertiary/aromatic N) is 1. The average molecular weight is 316 g/mol. The Bertz CT molecular complexity index is 628. The molecule has 0 aromatic carbocycles. The van der Waals surface area contributed by atoms with Crippen LogP contribution in [-0.4, -0.2) is 41.6 Å². The molecule has 1 unspecified atom stereocenters. The van der Waals surface area contributed by atoms with Crippen LogP contribution in [0.25, 0.3) is 0 Å². The summed E-state index contributed by atoms with van der Waals surface area (Å²) in [7, 11) is -3.63. The number of carbonyl (C=O) groups is 1. The molecule has 6 nitrogen and oxygen atoms in total. The molecule has 3 rings (SSSR count). The average Bonchev–Trinajstić information content (AvgIpc) is 2.90.